The second-order valence-corrected chi connectivity index (χ2v) is 4.92. The standard InChI is InChI=1S/C18H25NO3/c1-5-21-18(22-6-2)16-10-7-15(8-11-16)9-12-17(20)13-14-19(3)4/h7-14,18H,5-6H2,1-4H3/b12-9+,14-13?. The molecule has 0 saturated heterocycles. The second-order valence-electron chi connectivity index (χ2n) is 4.92. The van der Waals surface area contributed by atoms with Crippen molar-refractivity contribution in [1.82, 2.24) is 4.90 Å². The number of ketones is 1. The molecule has 0 atom stereocenters. The SMILES string of the molecule is CCOC(OCC)c1ccc(/C=C/C(=O)C=CN(C)C)cc1. The van der Waals surface area contributed by atoms with E-state index in [9.17, 15) is 4.79 Å². The Labute approximate surface area is 133 Å². The van der Waals surface area contributed by atoms with Crippen LogP contribution < -0.4 is 0 Å². The predicted octanol–water partition coefficient (Wildman–Crippen LogP) is 3.42. The van der Waals surface area contributed by atoms with Crippen LogP contribution in [-0.2, 0) is 14.3 Å². The van der Waals surface area contributed by atoms with E-state index >= 15 is 0 Å². The van der Waals surface area contributed by atoms with Gasteiger partial charge >= 0.3 is 0 Å². The molecule has 0 radical (unpaired) electrons. The summed E-state index contributed by atoms with van der Waals surface area (Å²) >= 11 is 0. The third-order valence-corrected chi connectivity index (χ3v) is 2.82. The zero-order valence-electron chi connectivity index (χ0n) is 13.8. The number of carbonyl (C=O) groups excluding carboxylic acids is 1. The average Bonchev–Trinajstić information content (AvgIpc) is 2.51. The van der Waals surface area contributed by atoms with Gasteiger partial charge in [0.05, 0.1) is 0 Å². The molecule has 0 unspecified atom stereocenters. The smallest absolute Gasteiger partial charge is 0.183 e. The number of ether oxygens (including phenoxy) is 2. The largest absolute Gasteiger partial charge is 0.383 e. The molecule has 0 bridgehead atoms. The van der Waals surface area contributed by atoms with Crippen LogP contribution in [0.4, 0.5) is 0 Å². The lowest BCUT2D eigenvalue weighted by atomic mass is 10.1. The highest BCUT2D eigenvalue weighted by Crippen LogP contribution is 2.19. The number of hydrogen-bond acceptors (Lipinski definition) is 4. The van der Waals surface area contributed by atoms with Crippen LogP contribution in [0.5, 0.6) is 0 Å². The van der Waals surface area contributed by atoms with E-state index in [-0.39, 0.29) is 12.1 Å². The molecule has 4 heteroatoms. The van der Waals surface area contributed by atoms with Crippen molar-refractivity contribution in [1.29, 1.82) is 0 Å². The van der Waals surface area contributed by atoms with Crippen molar-refractivity contribution in [3.8, 4) is 0 Å². The molecule has 0 spiro atoms. The van der Waals surface area contributed by atoms with Crippen molar-refractivity contribution >= 4 is 11.9 Å². The number of allylic oxidation sites excluding steroid dienone is 2. The van der Waals surface area contributed by atoms with E-state index in [0.29, 0.717) is 13.2 Å². The van der Waals surface area contributed by atoms with Gasteiger partial charge in [0.15, 0.2) is 12.1 Å². The van der Waals surface area contributed by atoms with Gasteiger partial charge in [-0.2, -0.15) is 0 Å². The van der Waals surface area contributed by atoms with Crippen LogP contribution in [0.1, 0.15) is 31.3 Å². The maximum atomic E-state index is 11.6. The van der Waals surface area contributed by atoms with E-state index in [0.717, 1.165) is 11.1 Å². The fourth-order valence-corrected chi connectivity index (χ4v) is 1.76. The first-order chi connectivity index (χ1) is 10.6. The molecule has 1 aromatic rings. The van der Waals surface area contributed by atoms with Crippen molar-refractivity contribution in [3.63, 3.8) is 0 Å². The Morgan fingerprint density at radius 1 is 1.09 bits per heavy atom. The van der Waals surface area contributed by atoms with Gasteiger partial charge in [0, 0.05) is 45.1 Å². The average molecular weight is 303 g/mol. The normalized spacial score (nSPS) is 11.7. The molecule has 0 aliphatic carbocycles. The van der Waals surface area contributed by atoms with Crippen molar-refractivity contribution in [2.75, 3.05) is 27.3 Å². The second kappa shape index (κ2) is 9.92. The van der Waals surface area contributed by atoms with E-state index in [1.165, 1.54) is 6.08 Å². The minimum atomic E-state index is -0.335. The molecular weight excluding hydrogens is 278 g/mol. The van der Waals surface area contributed by atoms with Crippen LogP contribution >= 0.6 is 0 Å². The quantitative estimate of drug-likeness (QED) is 0.517. The van der Waals surface area contributed by atoms with Gasteiger partial charge < -0.3 is 14.4 Å². The summed E-state index contributed by atoms with van der Waals surface area (Å²) in [5.41, 5.74) is 1.93. The van der Waals surface area contributed by atoms with Gasteiger partial charge in [-0.3, -0.25) is 4.79 Å². The lowest BCUT2D eigenvalue weighted by molar-refractivity contribution is -0.140. The van der Waals surface area contributed by atoms with E-state index < -0.39 is 0 Å². The monoisotopic (exact) mass is 303 g/mol. The third-order valence-electron chi connectivity index (χ3n) is 2.82. The van der Waals surface area contributed by atoms with Crippen molar-refractivity contribution in [2.45, 2.75) is 20.1 Å². The highest BCUT2D eigenvalue weighted by atomic mass is 16.7. The maximum absolute atomic E-state index is 11.6. The van der Waals surface area contributed by atoms with Crippen LogP contribution in [0.3, 0.4) is 0 Å². The molecule has 120 valence electrons. The van der Waals surface area contributed by atoms with Crippen LogP contribution in [0.15, 0.2) is 42.6 Å². The van der Waals surface area contributed by atoms with Gasteiger partial charge in [0.2, 0.25) is 0 Å². The van der Waals surface area contributed by atoms with Crippen LogP contribution in [0.25, 0.3) is 6.08 Å². The Balaban J connectivity index is 2.69. The zero-order chi connectivity index (χ0) is 16.4. The molecule has 22 heavy (non-hydrogen) atoms. The molecule has 0 saturated carbocycles. The van der Waals surface area contributed by atoms with Gasteiger partial charge in [-0.15, -0.1) is 0 Å². The van der Waals surface area contributed by atoms with Crippen LogP contribution in [0.2, 0.25) is 0 Å². The zero-order valence-corrected chi connectivity index (χ0v) is 13.8. The number of rotatable bonds is 9. The molecule has 0 amide bonds. The first-order valence-electron chi connectivity index (χ1n) is 7.46. The number of hydrogen-bond donors (Lipinski definition) is 0. The summed E-state index contributed by atoms with van der Waals surface area (Å²) in [5.74, 6) is -0.0423. The number of nitrogens with zero attached hydrogens (tertiary/aromatic N) is 1. The lowest BCUT2D eigenvalue weighted by Gasteiger charge is -2.17. The fraction of sp³-hybridized carbons (Fsp3) is 0.389. The minimum absolute atomic E-state index is 0.0423. The molecular formula is C18H25NO3. The lowest BCUT2D eigenvalue weighted by Crippen LogP contribution is -2.08. The Hall–Kier alpha value is -1.91. The summed E-state index contributed by atoms with van der Waals surface area (Å²) in [6, 6.07) is 7.80. The minimum Gasteiger partial charge on any atom is -0.383 e. The van der Waals surface area contributed by atoms with Gasteiger partial charge in [-0.05, 0) is 25.5 Å². The highest BCUT2D eigenvalue weighted by molar-refractivity contribution is 6.01. The van der Waals surface area contributed by atoms with Gasteiger partial charge in [0.25, 0.3) is 0 Å². The fourth-order valence-electron chi connectivity index (χ4n) is 1.76. The predicted molar refractivity (Wildman–Crippen MR) is 89.3 cm³/mol. The van der Waals surface area contributed by atoms with Gasteiger partial charge in [0.1, 0.15) is 0 Å². The van der Waals surface area contributed by atoms with Gasteiger partial charge in [-0.25, -0.2) is 0 Å². The number of carbonyl (C=O) groups is 1. The van der Waals surface area contributed by atoms with Crippen molar-refractivity contribution in [2.24, 2.45) is 0 Å². The van der Waals surface area contributed by atoms with Crippen LogP contribution in [0, 0.1) is 0 Å². The van der Waals surface area contributed by atoms with E-state index in [2.05, 4.69) is 0 Å². The molecule has 1 aromatic carbocycles. The summed E-state index contributed by atoms with van der Waals surface area (Å²) in [7, 11) is 3.75. The molecule has 0 fully saturated rings. The van der Waals surface area contributed by atoms with Crippen molar-refractivity contribution < 1.29 is 14.3 Å². The molecule has 1 rings (SSSR count). The molecule has 0 N–H and O–H groups in total. The summed E-state index contributed by atoms with van der Waals surface area (Å²) in [4.78, 5) is 13.4. The molecule has 0 aliphatic rings. The summed E-state index contributed by atoms with van der Waals surface area (Å²) in [6.45, 7) is 5.07. The Kier molecular flexibility index (Phi) is 8.18. The maximum Gasteiger partial charge on any atom is 0.183 e. The van der Waals surface area contributed by atoms with E-state index in [4.69, 9.17) is 9.47 Å². The van der Waals surface area contributed by atoms with Gasteiger partial charge in [-0.1, -0.05) is 30.3 Å². The molecule has 0 aliphatic heterocycles. The molecule has 4 nitrogen and oxygen atoms in total. The molecule has 0 aromatic heterocycles. The first kappa shape index (κ1) is 18.1. The summed E-state index contributed by atoms with van der Waals surface area (Å²) in [6.07, 6.45) is 6.27. The third kappa shape index (κ3) is 6.70. The molecule has 0 heterocycles. The Bertz CT molecular complexity index is 498. The number of benzene rings is 1. The summed E-state index contributed by atoms with van der Waals surface area (Å²) in [5, 5.41) is 0. The van der Waals surface area contributed by atoms with Crippen LogP contribution in [-0.4, -0.2) is 38.0 Å². The topological polar surface area (TPSA) is 38.8 Å². The van der Waals surface area contributed by atoms with Crippen molar-refractivity contribution in [3.05, 3.63) is 53.7 Å². The van der Waals surface area contributed by atoms with E-state index in [1.807, 2.05) is 57.1 Å². The highest BCUT2D eigenvalue weighted by Gasteiger charge is 2.10. The first-order valence-corrected chi connectivity index (χ1v) is 7.46. The Morgan fingerprint density at radius 2 is 1.68 bits per heavy atom. The summed E-state index contributed by atoms with van der Waals surface area (Å²) < 4.78 is 11.1. The Morgan fingerprint density at radius 3 is 2.18 bits per heavy atom. The van der Waals surface area contributed by atoms with E-state index in [1.54, 1.807) is 18.4 Å².